The predicted molar refractivity (Wildman–Crippen MR) is 123 cm³/mol. The Labute approximate surface area is 193 Å². The van der Waals surface area contributed by atoms with Crippen molar-refractivity contribution in [2.75, 3.05) is 6.61 Å². The fraction of sp³-hybridized carbons (Fsp3) is 0.423. The van der Waals surface area contributed by atoms with Gasteiger partial charge < -0.3 is 9.84 Å². The number of carboxylic acids is 1. The van der Waals surface area contributed by atoms with E-state index in [1.165, 1.54) is 11.1 Å². The van der Waals surface area contributed by atoms with Gasteiger partial charge >= 0.3 is 11.9 Å². The van der Waals surface area contributed by atoms with Gasteiger partial charge in [0, 0.05) is 0 Å². The molecule has 2 aromatic rings. The summed E-state index contributed by atoms with van der Waals surface area (Å²) in [7, 11) is 0. The summed E-state index contributed by atoms with van der Waals surface area (Å²) in [5.41, 5.74) is 4.06. The first-order chi connectivity index (χ1) is 15.9. The predicted octanol–water partition coefficient (Wildman–Crippen LogP) is 2.22. The van der Waals surface area contributed by atoms with E-state index in [4.69, 9.17) is 4.74 Å². The minimum absolute atomic E-state index is 0.0185. The average molecular weight is 451 g/mol. The molecule has 3 unspecified atom stereocenters. The van der Waals surface area contributed by atoms with E-state index in [-0.39, 0.29) is 24.3 Å². The van der Waals surface area contributed by atoms with Gasteiger partial charge in [0.2, 0.25) is 0 Å². The SMILES string of the molecule is CCOC(=O)C(N[C@@H](C)C(=O)C1NC(C(=O)O)Cc2ccccc21)C1Cc2ccccc2C1. The third-order valence-electron chi connectivity index (χ3n) is 6.69. The van der Waals surface area contributed by atoms with Gasteiger partial charge in [0.25, 0.3) is 0 Å². The highest BCUT2D eigenvalue weighted by molar-refractivity contribution is 5.92. The highest BCUT2D eigenvalue weighted by atomic mass is 16.5. The summed E-state index contributed by atoms with van der Waals surface area (Å²) in [5.74, 6) is -1.57. The van der Waals surface area contributed by atoms with Crippen LogP contribution in [0.15, 0.2) is 48.5 Å². The van der Waals surface area contributed by atoms with Gasteiger partial charge in [0.1, 0.15) is 12.1 Å². The van der Waals surface area contributed by atoms with Crippen molar-refractivity contribution in [3.8, 4) is 0 Å². The van der Waals surface area contributed by atoms with Crippen molar-refractivity contribution in [2.45, 2.75) is 57.3 Å². The van der Waals surface area contributed by atoms with Crippen molar-refractivity contribution in [3.63, 3.8) is 0 Å². The third kappa shape index (κ3) is 4.84. The van der Waals surface area contributed by atoms with E-state index in [1.54, 1.807) is 13.8 Å². The summed E-state index contributed by atoms with van der Waals surface area (Å²) < 4.78 is 5.34. The lowest BCUT2D eigenvalue weighted by molar-refractivity contribution is -0.147. The number of nitrogens with one attached hydrogen (secondary N) is 2. The number of Topliss-reactive ketones (excluding diaryl/α,β-unsaturated/α-hetero) is 1. The molecule has 33 heavy (non-hydrogen) atoms. The number of carbonyl (C=O) groups is 3. The number of hydrogen-bond acceptors (Lipinski definition) is 6. The van der Waals surface area contributed by atoms with Gasteiger partial charge in [-0.2, -0.15) is 0 Å². The number of rotatable bonds is 8. The van der Waals surface area contributed by atoms with E-state index in [9.17, 15) is 19.5 Å². The minimum Gasteiger partial charge on any atom is -0.480 e. The zero-order valence-electron chi connectivity index (χ0n) is 18.9. The number of aliphatic carboxylic acids is 1. The van der Waals surface area contributed by atoms with Crippen LogP contribution in [0, 0.1) is 5.92 Å². The van der Waals surface area contributed by atoms with Crippen LogP contribution in [-0.4, -0.2) is 47.6 Å². The second-order valence-corrected chi connectivity index (χ2v) is 8.85. The smallest absolute Gasteiger partial charge is 0.323 e. The molecule has 2 aliphatic rings. The number of ketones is 1. The molecule has 0 fully saturated rings. The zero-order valence-corrected chi connectivity index (χ0v) is 18.9. The van der Waals surface area contributed by atoms with Gasteiger partial charge in [0.15, 0.2) is 5.78 Å². The summed E-state index contributed by atoms with van der Waals surface area (Å²) in [6.07, 6.45) is 1.79. The molecule has 0 saturated carbocycles. The Morgan fingerprint density at radius 1 is 1.03 bits per heavy atom. The monoisotopic (exact) mass is 450 g/mol. The zero-order chi connectivity index (χ0) is 23.5. The van der Waals surface area contributed by atoms with Gasteiger partial charge in [0.05, 0.1) is 18.7 Å². The number of fused-ring (bicyclic) bond motifs is 2. The number of esters is 1. The fourth-order valence-corrected chi connectivity index (χ4v) is 5.02. The highest BCUT2D eigenvalue weighted by Crippen LogP contribution is 2.31. The molecule has 0 aromatic heterocycles. The van der Waals surface area contributed by atoms with E-state index in [2.05, 4.69) is 22.8 Å². The van der Waals surface area contributed by atoms with Crippen molar-refractivity contribution in [1.82, 2.24) is 10.6 Å². The summed E-state index contributed by atoms with van der Waals surface area (Å²) in [6, 6.07) is 12.6. The van der Waals surface area contributed by atoms with E-state index in [1.807, 2.05) is 36.4 Å². The maximum atomic E-state index is 13.5. The molecule has 7 heteroatoms. The average Bonchev–Trinajstić information content (AvgIpc) is 3.25. The van der Waals surface area contributed by atoms with Gasteiger partial charge in [-0.05, 0) is 61.3 Å². The summed E-state index contributed by atoms with van der Waals surface area (Å²) in [4.78, 5) is 38.0. The molecule has 0 saturated heterocycles. The van der Waals surface area contributed by atoms with Crippen LogP contribution >= 0.6 is 0 Å². The normalized spacial score (nSPS) is 21.5. The lowest BCUT2D eigenvalue weighted by Gasteiger charge is -2.33. The quantitative estimate of drug-likeness (QED) is 0.530. The number of hydrogen-bond donors (Lipinski definition) is 3. The molecule has 3 N–H and O–H groups in total. The number of ether oxygens (including phenoxy) is 1. The lowest BCUT2D eigenvalue weighted by Crippen LogP contribution is -2.55. The van der Waals surface area contributed by atoms with Gasteiger partial charge in [-0.25, -0.2) is 0 Å². The van der Waals surface area contributed by atoms with Crippen molar-refractivity contribution in [1.29, 1.82) is 0 Å². The first kappa shape index (κ1) is 23.1. The van der Waals surface area contributed by atoms with Crippen LogP contribution in [0.25, 0.3) is 0 Å². The van der Waals surface area contributed by atoms with Gasteiger partial charge in [-0.1, -0.05) is 48.5 Å². The highest BCUT2D eigenvalue weighted by Gasteiger charge is 2.39. The summed E-state index contributed by atoms with van der Waals surface area (Å²) in [6.45, 7) is 3.75. The Hall–Kier alpha value is -3.03. The van der Waals surface area contributed by atoms with Crippen LogP contribution in [0.4, 0.5) is 0 Å². The van der Waals surface area contributed by atoms with Crippen LogP contribution in [0.5, 0.6) is 0 Å². The molecule has 0 amide bonds. The molecule has 0 bridgehead atoms. The Kier molecular flexibility index (Phi) is 6.91. The molecule has 0 radical (unpaired) electrons. The third-order valence-corrected chi connectivity index (χ3v) is 6.69. The van der Waals surface area contributed by atoms with E-state index >= 15 is 0 Å². The molecule has 174 valence electrons. The Balaban J connectivity index is 1.54. The molecular formula is C26H30N2O5. The van der Waals surface area contributed by atoms with E-state index in [0.29, 0.717) is 6.42 Å². The summed E-state index contributed by atoms with van der Waals surface area (Å²) in [5, 5.41) is 15.8. The first-order valence-electron chi connectivity index (χ1n) is 11.5. The van der Waals surface area contributed by atoms with Crippen LogP contribution in [0.2, 0.25) is 0 Å². The van der Waals surface area contributed by atoms with E-state index < -0.39 is 30.1 Å². The molecule has 7 nitrogen and oxygen atoms in total. The Morgan fingerprint density at radius 3 is 2.24 bits per heavy atom. The fourth-order valence-electron chi connectivity index (χ4n) is 5.02. The van der Waals surface area contributed by atoms with Crippen molar-refractivity contribution in [2.24, 2.45) is 5.92 Å². The number of carbonyl (C=O) groups excluding carboxylic acids is 2. The molecule has 2 aromatic carbocycles. The Morgan fingerprint density at radius 2 is 1.64 bits per heavy atom. The molecule has 1 aliphatic heterocycles. The summed E-state index contributed by atoms with van der Waals surface area (Å²) >= 11 is 0. The second kappa shape index (κ2) is 9.85. The molecular weight excluding hydrogens is 420 g/mol. The van der Waals surface area contributed by atoms with Gasteiger partial charge in [-0.3, -0.25) is 25.0 Å². The maximum absolute atomic E-state index is 13.5. The van der Waals surface area contributed by atoms with Crippen molar-refractivity contribution in [3.05, 3.63) is 70.8 Å². The number of carboxylic acid groups (broad SMARTS) is 1. The van der Waals surface area contributed by atoms with Crippen LogP contribution in [-0.2, 0) is 38.4 Å². The first-order valence-corrected chi connectivity index (χ1v) is 11.5. The van der Waals surface area contributed by atoms with Crippen molar-refractivity contribution >= 4 is 17.7 Å². The molecule has 0 spiro atoms. The molecule has 4 atom stereocenters. The Bertz CT molecular complexity index is 1030. The van der Waals surface area contributed by atoms with Crippen LogP contribution in [0.1, 0.15) is 42.1 Å². The molecule has 4 rings (SSSR count). The molecule has 1 aliphatic carbocycles. The van der Waals surface area contributed by atoms with E-state index in [0.717, 1.165) is 24.0 Å². The largest absolute Gasteiger partial charge is 0.480 e. The minimum atomic E-state index is -0.990. The second-order valence-electron chi connectivity index (χ2n) is 8.85. The van der Waals surface area contributed by atoms with Crippen LogP contribution in [0.3, 0.4) is 0 Å². The topological polar surface area (TPSA) is 105 Å². The van der Waals surface area contributed by atoms with Gasteiger partial charge in [-0.15, -0.1) is 0 Å². The molecule has 1 heterocycles. The van der Waals surface area contributed by atoms with Crippen LogP contribution < -0.4 is 10.6 Å². The maximum Gasteiger partial charge on any atom is 0.323 e. The van der Waals surface area contributed by atoms with Crippen molar-refractivity contribution < 1.29 is 24.2 Å². The standard InChI is InChI=1S/C26H30N2O5/c1-3-33-26(32)22(19-12-16-8-4-5-9-17(16)13-19)27-15(2)24(29)23-20-11-7-6-10-18(20)14-21(28-23)25(30)31/h4-11,15,19,21-23,27-28H,3,12-14H2,1-2H3,(H,30,31)/t15-,21?,22?,23?/m0/s1. The number of benzene rings is 2. The lowest BCUT2D eigenvalue weighted by atomic mass is 9.86.